The highest BCUT2D eigenvalue weighted by Gasteiger charge is 2.13. The topological polar surface area (TPSA) is 71.1 Å². The Labute approximate surface area is 181 Å². The third kappa shape index (κ3) is 6.89. The second kappa shape index (κ2) is 11.4. The third-order valence-electron chi connectivity index (χ3n) is 4.15. The fourth-order valence-corrected chi connectivity index (χ4v) is 2.68. The molecular formula is C25H24O6. The van der Waals surface area contributed by atoms with Gasteiger partial charge in [-0.2, -0.15) is 0 Å². The molecule has 0 N–H and O–H groups in total. The summed E-state index contributed by atoms with van der Waals surface area (Å²) in [6.07, 6.45) is 0.733. The lowest BCUT2D eigenvalue weighted by molar-refractivity contribution is 0.0503. The van der Waals surface area contributed by atoms with E-state index >= 15 is 0 Å². The predicted octanol–water partition coefficient (Wildman–Crippen LogP) is 4.93. The van der Waals surface area contributed by atoms with Crippen molar-refractivity contribution in [3.8, 4) is 17.2 Å². The Kier molecular flexibility index (Phi) is 8.05. The molecule has 0 aliphatic carbocycles. The number of para-hydroxylation sites is 1. The van der Waals surface area contributed by atoms with Gasteiger partial charge in [0.15, 0.2) is 0 Å². The fraction of sp³-hybridized carbons (Fsp3) is 0.200. The van der Waals surface area contributed by atoms with Gasteiger partial charge < -0.3 is 18.9 Å². The van der Waals surface area contributed by atoms with Gasteiger partial charge in [0, 0.05) is 0 Å². The van der Waals surface area contributed by atoms with Crippen molar-refractivity contribution in [2.75, 3.05) is 19.8 Å². The molecule has 0 radical (unpaired) electrons. The molecule has 0 amide bonds. The summed E-state index contributed by atoms with van der Waals surface area (Å²) in [5.74, 6) is 0.559. The van der Waals surface area contributed by atoms with Gasteiger partial charge in [-0.25, -0.2) is 9.59 Å². The van der Waals surface area contributed by atoms with Crippen molar-refractivity contribution < 1.29 is 28.5 Å². The molecule has 0 atom stereocenters. The minimum atomic E-state index is -0.551. The normalized spacial score (nSPS) is 10.2. The average molecular weight is 420 g/mol. The van der Waals surface area contributed by atoms with Crippen LogP contribution in [0.25, 0.3) is 0 Å². The lowest BCUT2D eigenvalue weighted by Crippen LogP contribution is -2.11. The summed E-state index contributed by atoms with van der Waals surface area (Å²) in [7, 11) is 0. The number of esters is 2. The molecule has 0 fully saturated rings. The van der Waals surface area contributed by atoms with Crippen molar-refractivity contribution >= 4 is 11.9 Å². The molecule has 3 aromatic rings. The van der Waals surface area contributed by atoms with E-state index in [1.807, 2.05) is 37.3 Å². The first kappa shape index (κ1) is 21.9. The molecule has 6 nitrogen and oxygen atoms in total. The van der Waals surface area contributed by atoms with Crippen LogP contribution in [0.3, 0.4) is 0 Å². The van der Waals surface area contributed by atoms with Gasteiger partial charge in [-0.15, -0.1) is 0 Å². The molecule has 0 aliphatic heterocycles. The zero-order valence-corrected chi connectivity index (χ0v) is 17.3. The lowest BCUT2D eigenvalue weighted by atomic mass is 10.2. The quantitative estimate of drug-likeness (QED) is 0.263. The van der Waals surface area contributed by atoms with Gasteiger partial charge >= 0.3 is 11.9 Å². The number of hydrogen-bond donors (Lipinski definition) is 0. The molecule has 160 valence electrons. The molecule has 0 saturated carbocycles. The molecule has 0 unspecified atom stereocenters. The Bertz CT molecular complexity index is 1000. The van der Waals surface area contributed by atoms with Gasteiger partial charge in [0.2, 0.25) is 0 Å². The highest BCUT2D eigenvalue weighted by molar-refractivity contribution is 5.93. The Hall–Kier alpha value is -3.80. The predicted molar refractivity (Wildman–Crippen MR) is 116 cm³/mol. The number of carbonyl (C=O) groups excluding carboxylic acids is 2. The van der Waals surface area contributed by atoms with Crippen LogP contribution in [0.5, 0.6) is 17.2 Å². The van der Waals surface area contributed by atoms with E-state index in [2.05, 4.69) is 0 Å². The lowest BCUT2D eigenvalue weighted by Gasteiger charge is -2.10. The van der Waals surface area contributed by atoms with Crippen molar-refractivity contribution in [3.63, 3.8) is 0 Å². The van der Waals surface area contributed by atoms with E-state index in [9.17, 15) is 9.59 Å². The number of ether oxygens (including phenoxy) is 4. The fourth-order valence-electron chi connectivity index (χ4n) is 2.68. The maximum absolute atomic E-state index is 12.5. The van der Waals surface area contributed by atoms with Crippen LogP contribution < -0.4 is 14.2 Å². The van der Waals surface area contributed by atoms with Crippen LogP contribution in [0.1, 0.15) is 34.1 Å². The minimum Gasteiger partial charge on any atom is -0.490 e. The van der Waals surface area contributed by atoms with Crippen LogP contribution in [0.15, 0.2) is 78.9 Å². The molecule has 0 heterocycles. The zero-order chi connectivity index (χ0) is 21.9. The van der Waals surface area contributed by atoms with Crippen molar-refractivity contribution in [2.45, 2.75) is 13.3 Å². The SMILES string of the molecule is CCCOC(=O)c1cccc(OC(=O)c2cccc(OCCOc3ccccc3)c2)c1. The van der Waals surface area contributed by atoms with Crippen LogP contribution in [-0.4, -0.2) is 31.8 Å². The number of carbonyl (C=O) groups is 2. The van der Waals surface area contributed by atoms with Crippen LogP contribution in [0.2, 0.25) is 0 Å². The van der Waals surface area contributed by atoms with Gasteiger partial charge in [0.05, 0.1) is 17.7 Å². The molecule has 0 spiro atoms. The molecular weight excluding hydrogens is 396 g/mol. The summed E-state index contributed by atoms with van der Waals surface area (Å²) in [4.78, 5) is 24.5. The maximum atomic E-state index is 12.5. The summed E-state index contributed by atoms with van der Waals surface area (Å²) < 4.78 is 21.8. The minimum absolute atomic E-state index is 0.263. The van der Waals surface area contributed by atoms with Crippen LogP contribution in [0, 0.1) is 0 Å². The second-order valence-corrected chi connectivity index (χ2v) is 6.59. The van der Waals surface area contributed by atoms with Gasteiger partial charge in [-0.05, 0) is 55.0 Å². The van der Waals surface area contributed by atoms with Gasteiger partial charge in [0.25, 0.3) is 0 Å². The summed E-state index contributed by atoms with van der Waals surface area (Å²) in [6.45, 7) is 2.96. The average Bonchev–Trinajstić information content (AvgIpc) is 2.81. The van der Waals surface area contributed by atoms with Crippen molar-refractivity contribution in [1.29, 1.82) is 0 Å². The Morgan fingerprint density at radius 1 is 0.645 bits per heavy atom. The van der Waals surface area contributed by atoms with E-state index in [1.165, 1.54) is 6.07 Å². The van der Waals surface area contributed by atoms with E-state index in [1.54, 1.807) is 42.5 Å². The summed E-state index contributed by atoms with van der Waals surface area (Å²) in [5.41, 5.74) is 0.662. The van der Waals surface area contributed by atoms with E-state index in [0.29, 0.717) is 36.7 Å². The molecule has 3 aromatic carbocycles. The molecule has 0 bridgehead atoms. The molecule has 0 aromatic heterocycles. The first-order valence-corrected chi connectivity index (χ1v) is 10.1. The zero-order valence-electron chi connectivity index (χ0n) is 17.3. The molecule has 6 heteroatoms. The van der Waals surface area contributed by atoms with E-state index in [-0.39, 0.29) is 5.75 Å². The number of rotatable bonds is 10. The Morgan fingerprint density at radius 2 is 1.23 bits per heavy atom. The molecule has 0 aliphatic rings. The van der Waals surface area contributed by atoms with Gasteiger partial charge in [-0.1, -0.05) is 37.3 Å². The Morgan fingerprint density at radius 3 is 1.94 bits per heavy atom. The number of benzene rings is 3. The van der Waals surface area contributed by atoms with E-state index in [4.69, 9.17) is 18.9 Å². The van der Waals surface area contributed by atoms with E-state index < -0.39 is 11.9 Å². The monoisotopic (exact) mass is 420 g/mol. The highest BCUT2D eigenvalue weighted by atomic mass is 16.5. The second-order valence-electron chi connectivity index (χ2n) is 6.59. The Balaban J connectivity index is 1.54. The summed E-state index contributed by atoms with van der Waals surface area (Å²) >= 11 is 0. The molecule has 3 rings (SSSR count). The standard InChI is InChI=1S/C25H24O6/c1-2-14-30-24(26)19-8-7-13-23(18-19)31-25(27)20-9-6-12-22(17-20)29-16-15-28-21-10-4-3-5-11-21/h3-13,17-18H,2,14-16H2,1H3. The van der Waals surface area contributed by atoms with Crippen LogP contribution in [-0.2, 0) is 4.74 Å². The maximum Gasteiger partial charge on any atom is 0.343 e. The highest BCUT2D eigenvalue weighted by Crippen LogP contribution is 2.19. The van der Waals surface area contributed by atoms with E-state index in [0.717, 1.165) is 12.2 Å². The largest absolute Gasteiger partial charge is 0.490 e. The summed E-state index contributed by atoms with van der Waals surface area (Å²) in [5, 5.41) is 0. The summed E-state index contributed by atoms with van der Waals surface area (Å²) in [6, 6.07) is 22.5. The first-order valence-electron chi connectivity index (χ1n) is 10.1. The van der Waals surface area contributed by atoms with Crippen molar-refractivity contribution in [2.24, 2.45) is 0 Å². The van der Waals surface area contributed by atoms with Crippen molar-refractivity contribution in [1.82, 2.24) is 0 Å². The number of hydrogen-bond acceptors (Lipinski definition) is 6. The van der Waals surface area contributed by atoms with Gasteiger partial charge in [-0.3, -0.25) is 0 Å². The van der Waals surface area contributed by atoms with Crippen LogP contribution >= 0.6 is 0 Å². The molecule has 31 heavy (non-hydrogen) atoms. The first-order chi connectivity index (χ1) is 15.2. The smallest absolute Gasteiger partial charge is 0.343 e. The molecule has 0 saturated heterocycles. The van der Waals surface area contributed by atoms with Crippen molar-refractivity contribution in [3.05, 3.63) is 90.0 Å². The van der Waals surface area contributed by atoms with Gasteiger partial charge in [0.1, 0.15) is 30.5 Å². The van der Waals surface area contributed by atoms with Crippen LogP contribution in [0.4, 0.5) is 0 Å². The third-order valence-corrected chi connectivity index (χ3v) is 4.15.